The Labute approximate surface area is 99.0 Å². The van der Waals surface area contributed by atoms with Gasteiger partial charge in [0, 0.05) is 17.5 Å². The van der Waals surface area contributed by atoms with Crippen LogP contribution in [0, 0.1) is 11.6 Å². The molecule has 0 saturated carbocycles. The van der Waals surface area contributed by atoms with Crippen molar-refractivity contribution in [1.29, 1.82) is 0 Å². The van der Waals surface area contributed by atoms with Gasteiger partial charge in [-0.15, -0.1) is 11.6 Å². The lowest BCUT2D eigenvalue weighted by Gasteiger charge is -2.29. The average molecular weight is 249 g/mol. The molecule has 5 heteroatoms. The van der Waals surface area contributed by atoms with Crippen LogP contribution in [-0.2, 0) is 0 Å². The van der Waals surface area contributed by atoms with Crippen molar-refractivity contribution in [2.75, 3.05) is 11.2 Å². The van der Waals surface area contributed by atoms with Gasteiger partial charge in [0.05, 0.1) is 6.20 Å². The molecule has 0 aliphatic heterocycles. The normalized spacial score (nSPS) is 14.6. The molecule has 0 aromatic carbocycles. The van der Waals surface area contributed by atoms with Gasteiger partial charge in [-0.3, -0.25) is 0 Å². The number of hydrogen-bond acceptors (Lipinski definition) is 2. The van der Waals surface area contributed by atoms with Crippen LogP contribution in [0.15, 0.2) is 12.3 Å². The van der Waals surface area contributed by atoms with E-state index in [-0.39, 0.29) is 11.4 Å². The van der Waals surface area contributed by atoms with Crippen LogP contribution in [0.5, 0.6) is 0 Å². The molecule has 0 aliphatic rings. The Balaban J connectivity index is 2.85. The molecule has 0 fully saturated rings. The monoisotopic (exact) mass is 248 g/mol. The van der Waals surface area contributed by atoms with Crippen molar-refractivity contribution in [2.45, 2.75) is 32.2 Å². The zero-order valence-corrected chi connectivity index (χ0v) is 10.1. The summed E-state index contributed by atoms with van der Waals surface area (Å²) in [5.41, 5.74) is -0.326. The van der Waals surface area contributed by atoms with Gasteiger partial charge in [-0.2, -0.15) is 0 Å². The number of aromatic nitrogens is 1. The maximum Gasteiger partial charge on any atom is 0.168 e. The molecule has 1 aromatic heterocycles. The first-order valence-corrected chi connectivity index (χ1v) is 5.69. The standard InChI is InChI=1S/C11H15ClF2N2/c1-3-11(2,4-5-12)16-10-9(14)6-8(13)7-15-10/h6-7H,3-5H2,1-2H3,(H,15,16). The molecule has 0 aliphatic carbocycles. The molecule has 1 aromatic rings. The van der Waals surface area contributed by atoms with Gasteiger partial charge in [0.15, 0.2) is 11.6 Å². The van der Waals surface area contributed by atoms with E-state index in [0.717, 1.165) is 18.7 Å². The number of rotatable bonds is 5. The van der Waals surface area contributed by atoms with Gasteiger partial charge in [-0.05, 0) is 19.8 Å². The van der Waals surface area contributed by atoms with E-state index in [2.05, 4.69) is 10.3 Å². The molecule has 1 N–H and O–H groups in total. The summed E-state index contributed by atoms with van der Waals surface area (Å²) < 4.78 is 26.0. The second-order valence-electron chi connectivity index (χ2n) is 3.96. The molecule has 2 nitrogen and oxygen atoms in total. The van der Waals surface area contributed by atoms with E-state index >= 15 is 0 Å². The Morgan fingerprint density at radius 3 is 2.69 bits per heavy atom. The number of hydrogen-bond donors (Lipinski definition) is 1. The molecule has 0 saturated heterocycles. The molecule has 90 valence electrons. The van der Waals surface area contributed by atoms with E-state index in [0.29, 0.717) is 12.3 Å². The quantitative estimate of drug-likeness (QED) is 0.806. The van der Waals surface area contributed by atoms with Crippen molar-refractivity contribution in [2.24, 2.45) is 0 Å². The number of halogens is 3. The molecule has 1 rings (SSSR count). The molecular formula is C11H15ClF2N2. The lowest BCUT2D eigenvalue weighted by molar-refractivity contribution is 0.472. The molecule has 1 atom stereocenters. The Hall–Kier alpha value is -0.900. The summed E-state index contributed by atoms with van der Waals surface area (Å²) in [6, 6.07) is 0.812. The van der Waals surface area contributed by atoms with Gasteiger partial charge < -0.3 is 5.32 Å². The first-order valence-electron chi connectivity index (χ1n) is 5.16. The third-order valence-electron chi connectivity index (χ3n) is 2.65. The fourth-order valence-electron chi connectivity index (χ4n) is 1.33. The van der Waals surface area contributed by atoms with E-state index in [1.54, 1.807) is 0 Å². The minimum Gasteiger partial charge on any atom is -0.362 e. The highest BCUT2D eigenvalue weighted by molar-refractivity contribution is 6.17. The van der Waals surface area contributed by atoms with Crippen LogP contribution in [0.25, 0.3) is 0 Å². The van der Waals surface area contributed by atoms with E-state index in [1.807, 2.05) is 13.8 Å². The highest BCUT2D eigenvalue weighted by atomic mass is 35.5. The van der Waals surface area contributed by atoms with E-state index in [9.17, 15) is 8.78 Å². The highest BCUT2D eigenvalue weighted by Crippen LogP contribution is 2.23. The number of alkyl halides is 1. The van der Waals surface area contributed by atoms with Crippen LogP contribution in [0.3, 0.4) is 0 Å². The maximum absolute atomic E-state index is 13.4. The fraction of sp³-hybridized carbons (Fsp3) is 0.545. The first kappa shape index (κ1) is 13.2. The largest absolute Gasteiger partial charge is 0.362 e. The molecule has 16 heavy (non-hydrogen) atoms. The van der Waals surface area contributed by atoms with E-state index in [4.69, 9.17) is 11.6 Å². The summed E-state index contributed by atoms with van der Waals surface area (Å²) in [4.78, 5) is 3.69. The zero-order chi connectivity index (χ0) is 12.2. The van der Waals surface area contributed by atoms with Gasteiger partial charge in [-0.25, -0.2) is 13.8 Å². The second-order valence-corrected chi connectivity index (χ2v) is 4.34. The Bertz CT molecular complexity index is 360. The number of nitrogens with zero attached hydrogens (tertiary/aromatic N) is 1. The summed E-state index contributed by atoms with van der Waals surface area (Å²) >= 11 is 5.68. The molecule has 0 spiro atoms. The lowest BCUT2D eigenvalue weighted by Crippen LogP contribution is -2.35. The SMILES string of the molecule is CCC(C)(CCCl)Nc1ncc(F)cc1F. The molecule has 0 amide bonds. The minimum absolute atomic E-state index is 0.0656. The molecule has 1 unspecified atom stereocenters. The van der Waals surface area contributed by atoms with Crippen molar-refractivity contribution in [3.63, 3.8) is 0 Å². The maximum atomic E-state index is 13.4. The van der Waals surface area contributed by atoms with Crippen LogP contribution in [0.2, 0.25) is 0 Å². The third-order valence-corrected chi connectivity index (χ3v) is 2.84. The predicted molar refractivity (Wildman–Crippen MR) is 61.8 cm³/mol. The molecular weight excluding hydrogens is 234 g/mol. The summed E-state index contributed by atoms with van der Waals surface area (Å²) in [6.45, 7) is 3.90. The van der Waals surface area contributed by atoms with Crippen molar-refractivity contribution >= 4 is 17.4 Å². The Morgan fingerprint density at radius 2 is 2.19 bits per heavy atom. The highest BCUT2D eigenvalue weighted by Gasteiger charge is 2.23. The summed E-state index contributed by atoms with van der Waals surface area (Å²) in [7, 11) is 0. The van der Waals surface area contributed by atoms with Crippen LogP contribution in [0.4, 0.5) is 14.6 Å². The van der Waals surface area contributed by atoms with Crippen LogP contribution < -0.4 is 5.32 Å². The summed E-state index contributed by atoms with van der Waals surface area (Å²) in [5.74, 6) is -0.830. The summed E-state index contributed by atoms with van der Waals surface area (Å²) in [6.07, 6.45) is 2.45. The minimum atomic E-state index is -0.686. The van der Waals surface area contributed by atoms with Crippen molar-refractivity contribution < 1.29 is 8.78 Å². The van der Waals surface area contributed by atoms with Crippen LogP contribution in [0.1, 0.15) is 26.7 Å². The van der Waals surface area contributed by atoms with Crippen LogP contribution >= 0.6 is 11.6 Å². The fourth-order valence-corrected chi connectivity index (χ4v) is 1.75. The van der Waals surface area contributed by atoms with Crippen molar-refractivity contribution in [1.82, 2.24) is 4.98 Å². The third kappa shape index (κ3) is 3.30. The lowest BCUT2D eigenvalue weighted by atomic mass is 9.95. The van der Waals surface area contributed by atoms with Gasteiger partial charge in [0.25, 0.3) is 0 Å². The predicted octanol–water partition coefficient (Wildman–Crippen LogP) is 3.57. The summed E-state index contributed by atoms with van der Waals surface area (Å²) in [5, 5.41) is 2.96. The average Bonchev–Trinajstić information content (AvgIpc) is 2.23. The van der Waals surface area contributed by atoms with E-state index in [1.165, 1.54) is 0 Å². The molecule has 0 bridgehead atoms. The Morgan fingerprint density at radius 1 is 1.50 bits per heavy atom. The van der Waals surface area contributed by atoms with Crippen molar-refractivity contribution in [3.05, 3.63) is 23.9 Å². The smallest absolute Gasteiger partial charge is 0.168 e. The second kappa shape index (κ2) is 5.43. The zero-order valence-electron chi connectivity index (χ0n) is 9.36. The first-order chi connectivity index (χ1) is 7.50. The van der Waals surface area contributed by atoms with Gasteiger partial charge in [0.2, 0.25) is 0 Å². The topological polar surface area (TPSA) is 24.9 Å². The van der Waals surface area contributed by atoms with Gasteiger partial charge in [-0.1, -0.05) is 6.92 Å². The van der Waals surface area contributed by atoms with Gasteiger partial charge >= 0.3 is 0 Å². The van der Waals surface area contributed by atoms with Crippen molar-refractivity contribution in [3.8, 4) is 0 Å². The van der Waals surface area contributed by atoms with Gasteiger partial charge in [0.1, 0.15) is 5.82 Å². The Kier molecular flexibility index (Phi) is 4.47. The number of anilines is 1. The molecule has 0 radical (unpaired) electrons. The van der Waals surface area contributed by atoms with Crippen LogP contribution in [-0.4, -0.2) is 16.4 Å². The molecule has 1 heterocycles. The number of pyridine rings is 1. The van der Waals surface area contributed by atoms with E-state index < -0.39 is 11.6 Å². The number of nitrogens with one attached hydrogen (secondary N) is 1.